The quantitative estimate of drug-likeness (QED) is 0.663. The zero-order chi connectivity index (χ0) is 21.8. The SMILES string of the molecule is COC(=O)C(C)(C)/C=C/c1ccc2ccc([C@@H](C)NC(=O)OC(C)(C)C)cc2c1. The van der Waals surface area contributed by atoms with E-state index in [0.29, 0.717) is 0 Å². The lowest BCUT2D eigenvalue weighted by Crippen LogP contribution is -2.34. The Kier molecular flexibility index (Phi) is 6.73. The van der Waals surface area contributed by atoms with Crippen LogP contribution in [-0.2, 0) is 14.3 Å². The number of hydrogen-bond donors (Lipinski definition) is 1. The van der Waals surface area contributed by atoms with Gasteiger partial charge in [-0.3, -0.25) is 4.79 Å². The summed E-state index contributed by atoms with van der Waals surface area (Å²) in [4.78, 5) is 23.9. The first-order valence-corrected chi connectivity index (χ1v) is 9.72. The lowest BCUT2D eigenvalue weighted by Gasteiger charge is -2.22. The molecule has 0 heterocycles. The molecule has 29 heavy (non-hydrogen) atoms. The molecule has 0 spiro atoms. The maximum Gasteiger partial charge on any atom is 0.408 e. The van der Waals surface area contributed by atoms with Crippen LogP contribution >= 0.6 is 0 Å². The molecule has 0 bridgehead atoms. The average molecular weight is 398 g/mol. The van der Waals surface area contributed by atoms with Crippen molar-refractivity contribution in [2.75, 3.05) is 7.11 Å². The van der Waals surface area contributed by atoms with E-state index in [-0.39, 0.29) is 12.0 Å². The summed E-state index contributed by atoms with van der Waals surface area (Å²) in [6.07, 6.45) is 3.33. The summed E-state index contributed by atoms with van der Waals surface area (Å²) >= 11 is 0. The van der Waals surface area contributed by atoms with E-state index in [1.54, 1.807) is 0 Å². The van der Waals surface area contributed by atoms with Gasteiger partial charge in [0.25, 0.3) is 0 Å². The van der Waals surface area contributed by atoms with E-state index in [1.807, 2.05) is 78.0 Å². The largest absolute Gasteiger partial charge is 0.468 e. The van der Waals surface area contributed by atoms with Gasteiger partial charge in [0, 0.05) is 0 Å². The molecule has 5 nitrogen and oxygen atoms in total. The molecule has 2 aromatic rings. The molecule has 2 rings (SSSR count). The summed E-state index contributed by atoms with van der Waals surface area (Å²) in [6.45, 7) is 11.1. The van der Waals surface area contributed by atoms with Crippen molar-refractivity contribution in [2.24, 2.45) is 5.41 Å². The van der Waals surface area contributed by atoms with Gasteiger partial charge in [-0.05, 0) is 75.6 Å². The predicted molar refractivity (Wildman–Crippen MR) is 117 cm³/mol. The highest BCUT2D eigenvalue weighted by Crippen LogP contribution is 2.25. The number of carbonyl (C=O) groups is 2. The number of fused-ring (bicyclic) bond motifs is 1. The molecule has 0 aromatic heterocycles. The molecule has 0 saturated heterocycles. The number of methoxy groups -OCH3 is 1. The lowest BCUT2D eigenvalue weighted by molar-refractivity contribution is -0.148. The number of esters is 1. The third-order valence-electron chi connectivity index (χ3n) is 4.53. The zero-order valence-electron chi connectivity index (χ0n) is 18.3. The van der Waals surface area contributed by atoms with Gasteiger partial charge in [0.05, 0.1) is 18.6 Å². The van der Waals surface area contributed by atoms with E-state index in [9.17, 15) is 9.59 Å². The van der Waals surface area contributed by atoms with Crippen LogP contribution in [0.25, 0.3) is 16.8 Å². The van der Waals surface area contributed by atoms with Crippen molar-refractivity contribution < 1.29 is 19.1 Å². The van der Waals surface area contributed by atoms with Crippen LogP contribution in [0.3, 0.4) is 0 Å². The Morgan fingerprint density at radius 2 is 1.66 bits per heavy atom. The minimum atomic E-state index is -0.697. The summed E-state index contributed by atoms with van der Waals surface area (Å²) in [5.41, 5.74) is 0.739. The van der Waals surface area contributed by atoms with Gasteiger partial charge in [0.2, 0.25) is 0 Å². The first-order valence-electron chi connectivity index (χ1n) is 9.72. The molecule has 0 radical (unpaired) electrons. The van der Waals surface area contributed by atoms with Crippen molar-refractivity contribution in [1.29, 1.82) is 0 Å². The van der Waals surface area contributed by atoms with Crippen LogP contribution in [0.5, 0.6) is 0 Å². The molecule has 0 saturated carbocycles. The van der Waals surface area contributed by atoms with Crippen LogP contribution in [0.2, 0.25) is 0 Å². The molecule has 1 N–H and O–H groups in total. The average Bonchev–Trinajstić information content (AvgIpc) is 2.63. The van der Waals surface area contributed by atoms with Gasteiger partial charge < -0.3 is 14.8 Å². The molecular weight excluding hydrogens is 366 g/mol. The number of nitrogens with one attached hydrogen (secondary N) is 1. The van der Waals surface area contributed by atoms with Gasteiger partial charge in [-0.15, -0.1) is 0 Å². The highest BCUT2D eigenvalue weighted by atomic mass is 16.6. The van der Waals surface area contributed by atoms with Crippen LogP contribution in [0.4, 0.5) is 4.79 Å². The second kappa shape index (κ2) is 8.68. The topological polar surface area (TPSA) is 64.6 Å². The molecule has 2 aromatic carbocycles. The van der Waals surface area contributed by atoms with Crippen LogP contribution < -0.4 is 5.32 Å². The first kappa shape index (κ1) is 22.5. The fraction of sp³-hybridized carbons (Fsp3) is 0.417. The Hall–Kier alpha value is -2.82. The van der Waals surface area contributed by atoms with Gasteiger partial charge in [-0.1, -0.05) is 36.4 Å². The molecule has 156 valence electrons. The van der Waals surface area contributed by atoms with Crippen LogP contribution in [0.1, 0.15) is 58.7 Å². The van der Waals surface area contributed by atoms with Crippen molar-refractivity contribution in [3.8, 4) is 0 Å². The smallest absolute Gasteiger partial charge is 0.408 e. The van der Waals surface area contributed by atoms with Crippen molar-refractivity contribution in [1.82, 2.24) is 5.32 Å². The molecular formula is C24H31NO4. The highest BCUT2D eigenvalue weighted by molar-refractivity contribution is 5.86. The summed E-state index contributed by atoms with van der Waals surface area (Å²) in [6, 6.07) is 12.0. The Bertz CT molecular complexity index is 922. The molecule has 0 aliphatic carbocycles. The number of rotatable bonds is 5. The Morgan fingerprint density at radius 3 is 2.28 bits per heavy atom. The van der Waals surface area contributed by atoms with Gasteiger partial charge >= 0.3 is 12.1 Å². The third kappa shape index (κ3) is 6.34. The minimum absolute atomic E-state index is 0.188. The molecule has 0 fully saturated rings. The van der Waals surface area contributed by atoms with Gasteiger partial charge in [-0.2, -0.15) is 0 Å². The highest BCUT2D eigenvalue weighted by Gasteiger charge is 2.25. The van der Waals surface area contributed by atoms with Crippen molar-refractivity contribution in [3.63, 3.8) is 0 Å². The molecule has 5 heteroatoms. The monoisotopic (exact) mass is 397 g/mol. The first-order chi connectivity index (χ1) is 13.4. The number of alkyl carbamates (subject to hydrolysis) is 1. The summed E-state index contributed by atoms with van der Waals surface area (Å²) < 4.78 is 10.2. The Labute approximate surface area is 173 Å². The van der Waals surface area contributed by atoms with Crippen LogP contribution in [0.15, 0.2) is 42.5 Å². The van der Waals surface area contributed by atoms with Crippen molar-refractivity contribution in [3.05, 3.63) is 53.6 Å². The Morgan fingerprint density at radius 1 is 1.00 bits per heavy atom. The fourth-order valence-corrected chi connectivity index (χ4v) is 2.86. The normalized spacial score (nSPS) is 13.3. The van der Waals surface area contributed by atoms with Crippen molar-refractivity contribution >= 4 is 28.9 Å². The zero-order valence-corrected chi connectivity index (χ0v) is 18.3. The number of hydrogen-bond acceptors (Lipinski definition) is 4. The predicted octanol–water partition coefficient (Wildman–Crippen LogP) is 5.64. The number of ether oxygens (including phenoxy) is 2. The van der Waals surface area contributed by atoms with E-state index in [4.69, 9.17) is 9.47 Å². The lowest BCUT2D eigenvalue weighted by atomic mass is 9.92. The number of benzene rings is 2. The van der Waals surface area contributed by atoms with Crippen LogP contribution in [0, 0.1) is 5.41 Å². The van der Waals surface area contributed by atoms with Crippen LogP contribution in [-0.4, -0.2) is 24.8 Å². The van der Waals surface area contributed by atoms with Gasteiger partial charge in [0.15, 0.2) is 0 Å². The molecule has 0 unspecified atom stereocenters. The second-order valence-corrected chi connectivity index (χ2v) is 8.78. The number of amides is 1. The molecule has 0 aliphatic heterocycles. The fourth-order valence-electron chi connectivity index (χ4n) is 2.86. The minimum Gasteiger partial charge on any atom is -0.468 e. The number of carbonyl (C=O) groups excluding carboxylic acids is 2. The Balaban J connectivity index is 2.22. The van der Waals surface area contributed by atoms with Gasteiger partial charge in [-0.25, -0.2) is 4.79 Å². The standard InChI is InChI=1S/C24H31NO4/c1-16(25-22(27)29-23(2,3)4)19-11-10-18-9-8-17(14-20(18)15-19)12-13-24(5,6)21(26)28-7/h8-16H,1-7H3,(H,25,27)/b13-12+/t16-/m1/s1. The summed E-state index contributed by atoms with van der Waals surface area (Å²) in [7, 11) is 1.39. The van der Waals surface area contributed by atoms with Gasteiger partial charge in [0.1, 0.15) is 5.60 Å². The van der Waals surface area contributed by atoms with E-state index >= 15 is 0 Å². The van der Waals surface area contributed by atoms with E-state index < -0.39 is 17.1 Å². The maximum atomic E-state index is 12.0. The van der Waals surface area contributed by atoms with E-state index in [1.165, 1.54) is 7.11 Å². The van der Waals surface area contributed by atoms with E-state index in [0.717, 1.165) is 21.9 Å². The maximum absolute atomic E-state index is 12.0. The molecule has 0 aliphatic rings. The molecule has 1 atom stereocenters. The van der Waals surface area contributed by atoms with E-state index in [2.05, 4.69) is 17.4 Å². The molecule has 1 amide bonds. The summed E-state index contributed by atoms with van der Waals surface area (Å²) in [5.74, 6) is -0.279. The third-order valence-corrected chi connectivity index (χ3v) is 4.53. The van der Waals surface area contributed by atoms with Crippen molar-refractivity contribution in [2.45, 2.75) is 53.2 Å². The second-order valence-electron chi connectivity index (χ2n) is 8.78. The summed E-state index contributed by atoms with van der Waals surface area (Å²) in [5, 5.41) is 5.02.